The van der Waals surface area contributed by atoms with E-state index in [2.05, 4.69) is 26.4 Å². The number of tetrazole rings is 1. The van der Waals surface area contributed by atoms with Crippen LogP contribution in [-0.2, 0) is 13.7 Å². The van der Waals surface area contributed by atoms with E-state index in [-0.39, 0.29) is 12.3 Å². The summed E-state index contributed by atoms with van der Waals surface area (Å²) in [6.45, 7) is 2.20. The molecule has 0 N–H and O–H groups in total. The van der Waals surface area contributed by atoms with E-state index in [4.69, 9.17) is 16.3 Å². The van der Waals surface area contributed by atoms with Crippen molar-refractivity contribution in [2.24, 2.45) is 7.05 Å². The zero-order valence-electron chi connectivity index (χ0n) is 13.0. The van der Waals surface area contributed by atoms with Crippen LogP contribution in [0.25, 0.3) is 5.69 Å². The molecule has 0 aliphatic rings. The van der Waals surface area contributed by atoms with Crippen LogP contribution in [0, 0.1) is 6.92 Å². The van der Waals surface area contributed by atoms with Crippen molar-refractivity contribution < 1.29 is 4.74 Å². The standard InChI is InChI=1S/C16H14BrClN4O2/c1-10-6-7-15(12(17)8-10)24-9-11-13(18)4-3-5-14(11)22-16(23)21(2)19-20-22/h3-8H,9H2,1-2H3. The minimum absolute atomic E-state index is 0.194. The molecule has 1 aromatic heterocycles. The Morgan fingerprint density at radius 1 is 1.25 bits per heavy atom. The fraction of sp³-hybridized carbons (Fsp3) is 0.188. The molecule has 0 fully saturated rings. The summed E-state index contributed by atoms with van der Waals surface area (Å²) >= 11 is 9.79. The molecule has 0 amide bonds. The van der Waals surface area contributed by atoms with E-state index < -0.39 is 0 Å². The van der Waals surface area contributed by atoms with Gasteiger partial charge in [-0.2, -0.15) is 9.36 Å². The molecule has 0 saturated heterocycles. The maximum absolute atomic E-state index is 12.1. The molecule has 0 unspecified atom stereocenters. The van der Waals surface area contributed by atoms with Gasteiger partial charge in [0.05, 0.1) is 10.2 Å². The third-order valence-corrected chi connectivity index (χ3v) is 4.48. The van der Waals surface area contributed by atoms with Gasteiger partial charge in [-0.25, -0.2) is 4.79 Å². The number of nitrogens with zero attached hydrogens (tertiary/aromatic N) is 4. The van der Waals surface area contributed by atoms with Crippen molar-refractivity contribution in [2.75, 3.05) is 0 Å². The van der Waals surface area contributed by atoms with Crippen LogP contribution in [-0.4, -0.2) is 19.8 Å². The summed E-state index contributed by atoms with van der Waals surface area (Å²) < 4.78 is 9.08. The van der Waals surface area contributed by atoms with Crippen molar-refractivity contribution >= 4 is 27.5 Å². The summed E-state index contributed by atoms with van der Waals surface area (Å²) in [7, 11) is 1.54. The first kappa shape index (κ1) is 16.7. The number of aryl methyl sites for hydroxylation is 2. The maximum Gasteiger partial charge on any atom is 0.368 e. The van der Waals surface area contributed by atoms with Crippen LogP contribution in [0.3, 0.4) is 0 Å². The zero-order chi connectivity index (χ0) is 17.3. The second kappa shape index (κ2) is 6.78. The van der Waals surface area contributed by atoms with Crippen LogP contribution in [0.15, 0.2) is 45.7 Å². The Labute approximate surface area is 151 Å². The SMILES string of the molecule is Cc1ccc(OCc2c(Cl)cccc2-n2nnn(C)c2=O)c(Br)c1. The molecule has 0 saturated carbocycles. The van der Waals surface area contributed by atoms with Gasteiger partial charge in [-0.15, -0.1) is 0 Å². The van der Waals surface area contributed by atoms with Gasteiger partial charge in [0, 0.05) is 17.6 Å². The van der Waals surface area contributed by atoms with Gasteiger partial charge in [-0.3, -0.25) is 0 Å². The highest BCUT2D eigenvalue weighted by atomic mass is 79.9. The number of halogens is 2. The molecule has 0 spiro atoms. The quantitative estimate of drug-likeness (QED) is 0.663. The molecule has 0 aliphatic carbocycles. The Kier molecular flexibility index (Phi) is 4.73. The van der Waals surface area contributed by atoms with Crippen molar-refractivity contribution in [3.05, 3.63) is 67.5 Å². The Balaban J connectivity index is 1.96. The van der Waals surface area contributed by atoms with E-state index in [9.17, 15) is 4.79 Å². The summed E-state index contributed by atoms with van der Waals surface area (Å²) in [5.41, 5.74) is 1.98. The number of benzene rings is 2. The normalized spacial score (nSPS) is 10.8. The van der Waals surface area contributed by atoms with Crippen molar-refractivity contribution in [1.29, 1.82) is 0 Å². The van der Waals surface area contributed by atoms with E-state index in [0.29, 0.717) is 22.0 Å². The van der Waals surface area contributed by atoms with E-state index in [0.717, 1.165) is 14.7 Å². The molecule has 3 aromatic rings. The summed E-state index contributed by atoms with van der Waals surface area (Å²) in [5.74, 6) is 0.693. The molecule has 6 nitrogen and oxygen atoms in total. The number of rotatable bonds is 4. The molecule has 124 valence electrons. The number of hydrogen-bond acceptors (Lipinski definition) is 4. The fourth-order valence-electron chi connectivity index (χ4n) is 2.23. The van der Waals surface area contributed by atoms with Crippen LogP contribution in [0.2, 0.25) is 5.02 Å². The number of hydrogen-bond donors (Lipinski definition) is 0. The van der Waals surface area contributed by atoms with Crippen molar-refractivity contribution in [3.63, 3.8) is 0 Å². The highest BCUT2D eigenvalue weighted by Gasteiger charge is 2.15. The third kappa shape index (κ3) is 3.22. The first-order valence-electron chi connectivity index (χ1n) is 7.13. The second-order valence-corrected chi connectivity index (χ2v) is 6.52. The lowest BCUT2D eigenvalue weighted by Crippen LogP contribution is -2.23. The van der Waals surface area contributed by atoms with Crippen molar-refractivity contribution in [2.45, 2.75) is 13.5 Å². The van der Waals surface area contributed by atoms with Crippen LogP contribution in [0.4, 0.5) is 0 Å². The summed E-state index contributed by atoms with van der Waals surface area (Å²) in [5, 5.41) is 8.09. The molecule has 8 heteroatoms. The number of aromatic nitrogens is 4. The van der Waals surface area contributed by atoms with E-state index in [1.54, 1.807) is 18.2 Å². The minimum atomic E-state index is -0.352. The fourth-order valence-corrected chi connectivity index (χ4v) is 3.06. The molecule has 24 heavy (non-hydrogen) atoms. The van der Waals surface area contributed by atoms with Crippen LogP contribution < -0.4 is 10.4 Å². The predicted octanol–water partition coefficient (Wildman–Crippen LogP) is 3.27. The Morgan fingerprint density at radius 2 is 2.04 bits per heavy atom. The lowest BCUT2D eigenvalue weighted by atomic mass is 10.2. The Hall–Kier alpha value is -2.12. The van der Waals surface area contributed by atoms with Gasteiger partial charge in [0.1, 0.15) is 12.4 Å². The summed E-state index contributed by atoms with van der Waals surface area (Å²) in [4.78, 5) is 12.1. The van der Waals surface area contributed by atoms with Crippen molar-refractivity contribution in [1.82, 2.24) is 19.8 Å². The van der Waals surface area contributed by atoms with Gasteiger partial charge >= 0.3 is 5.69 Å². The van der Waals surface area contributed by atoms with Crippen molar-refractivity contribution in [3.8, 4) is 11.4 Å². The molecule has 0 bridgehead atoms. The molecule has 2 aromatic carbocycles. The highest BCUT2D eigenvalue weighted by molar-refractivity contribution is 9.10. The van der Waals surface area contributed by atoms with Gasteiger partial charge in [-0.05, 0) is 63.1 Å². The molecule has 1 heterocycles. The third-order valence-electron chi connectivity index (χ3n) is 3.50. The predicted molar refractivity (Wildman–Crippen MR) is 94.8 cm³/mol. The van der Waals surface area contributed by atoms with Crippen LogP contribution in [0.1, 0.15) is 11.1 Å². The molecule has 0 atom stereocenters. The van der Waals surface area contributed by atoms with E-state index in [1.807, 2.05) is 25.1 Å². The molecular weight excluding hydrogens is 396 g/mol. The summed E-state index contributed by atoms with van der Waals surface area (Å²) in [6.07, 6.45) is 0. The van der Waals surface area contributed by atoms with Gasteiger partial charge in [0.15, 0.2) is 0 Å². The molecule has 0 radical (unpaired) electrons. The first-order chi connectivity index (χ1) is 11.5. The summed E-state index contributed by atoms with van der Waals surface area (Å²) in [6, 6.07) is 11.1. The molecule has 3 rings (SSSR count). The largest absolute Gasteiger partial charge is 0.488 e. The average Bonchev–Trinajstić information content (AvgIpc) is 2.87. The van der Waals surface area contributed by atoms with Gasteiger partial charge in [0.2, 0.25) is 0 Å². The molecule has 0 aliphatic heterocycles. The zero-order valence-corrected chi connectivity index (χ0v) is 15.4. The Morgan fingerprint density at radius 3 is 2.71 bits per heavy atom. The van der Waals surface area contributed by atoms with Gasteiger partial charge < -0.3 is 4.74 Å². The monoisotopic (exact) mass is 408 g/mol. The van der Waals surface area contributed by atoms with Gasteiger partial charge in [0.25, 0.3) is 0 Å². The average molecular weight is 410 g/mol. The first-order valence-corrected chi connectivity index (χ1v) is 8.30. The van der Waals surface area contributed by atoms with E-state index >= 15 is 0 Å². The highest BCUT2D eigenvalue weighted by Crippen LogP contribution is 2.29. The van der Waals surface area contributed by atoms with Crippen LogP contribution >= 0.6 is 27.5 Å². The Bertz CT molecular complexity index is 951. The second-order valence-electron chi connectivity index (χ2n) is 5.26. The van der Waals surface area contributed by atoms with E-state index in [1.165, 1.54) is 11.7 Å². The van der Waals surface area contributed by atoms with Gasteiger partial charge in [-0.1, -0.05) is 23.7 Å². The van der Waals surface area contributed by atoms with Crippen LogP contribution in [0.5, 0.6) is 5.75 Å². The number of ether oxygens (including phenoxy) is 1. The lowest BCUT2D eigenvalue weighted by molar-refractivity contribution is 0.303. The minimum Gasteiger partial charge on any atom is -0.488 e. The maximum atomic E-state index is 12.1. The smallest absolute Gasteiger partial charge is 0.368 e. The topological polar surface area (TPSA) is 61.9 Å². The lowest BCUT2D eigenvalue weighted by Gasteiger charge is -2.13. The molecular formula is C16H14BrClN4O2.